The molecule has 178 valence electrons. The highest BCUT2D eigenvalue weighted by molar-refractivity contribution is 5.78. The second kappa shape index (κ2) is 11.4. The zero-order valence-electron chi connectivity index (χ0n) is 18.7. The minimum Gasteiger partial charge on any atom is -0.465 e. The first kappa shape index (κ1) is 24.1. The van der Waals surface area contributed by atoms with Gasteiger partial charge in [0.2, 0.25) is 11.6 Å². The van der Waals surface area contributed by atoms with Crippen LogP contribution in [0.15, 0.2) is 18.3 Å². The third-order valence-corrected chi connectivity index (χ3v) is 5.11. The molecule has 1 saturated heterocycles. The van der Waals surface area contributed by atoms with E-state index in [0.717, 1.165) is 24.1 Å². The Morgan fingerprint density at radius 1 is 1.33 bits per heavy atom. The lowest BCUT2D eigenvalue weighted by atomic mass is 10.0. The van der Waals surface area contributed by atoms with Gasteiger partial charge in [0.05, 0.1) is 18.1 Å². The molecule has 0 spiro atoms. The van der Waals surface area contributed by atoms with Gasteiger partial charge in [-0.2, -0.15) is 9.97 Å². The molecular formula is C21H28N6O6. The molecule has 0 unspecified atom stereocenters. The fourth-order valence-electron chi connectivity index (χ4n) is 3.39. The molecule has 0 radical (unpaired) electrons. The van der Waals surface area contributed by atoms with Gasteiger partial charge in [-0.15, -0.1) is 0 Å². The van der Waals surface area contributed by atoms with Crippen LogP contribution in [0.2, 0.25) is 0 Å². The highest BCUT2D eigenvalue weighted by Gasteiger charge is 2.30. The monoisotopic (exact) mass is 460 g/mol. The molecule has 1 aliphatic heterocycles. The molecule has 0 amide bonds. The molecule has 12 heteroatoms. The normalized spacial score (nSPS) is 14.0. The summed E-state index contributed by atoms with van der Waals surface area (Å²) in [7, 11) is 0. The molecule has 0 aliphatic carbocycles. The maximum atomic E-state index is 12.3. The van der Waals surface area contributed by atoms with Crippen molar-refractivity contribution in [3.8, 4) is 6.01 Å². The summed E-state index contributed by atoms with van der Waals surface area (Å²) in [5.41, 5.74) is 6.96. The predicted octanol–water partition coefficient (Wildman–Crippen LogP) is 2.05. The van der Waals surface area contributed by atoms with E-state index in [1.807, 2.05) is 19.1 Å². The fraction of sp³-hybridized carbons (Fsp3) is 0.524. The van der Waals surface area contributed by atoms with E-state index in [-0.39, 0.29) is 43.3 Å². The van der Waals surface area contributed by atoms with Crippen molar-refractivity contribution in [1.82, 2.24) is 15.0 Å². The molecule has 1 fully saturated rings. The van der Waals surface area contributed by atoms with Gasteiger partial charge in [-0.05, 0) is 44.2 Å². The largest absolute Gasteiger partial charge is 0.465 e. The van der Waals surface area contributed by atoms with Crippen molar-refractivity contribution < 1.29 is 23.9 Å². The number of carbonyl (C=O) groups excluding carboxylic acids is 1. The number of esters is 1. The Morgan fingerprint density at radius 2 is 2.09 bits per heavy atom. The quantitative estimate of drug-likeness (QED) is 0.314. The number of aromatic nitrogens is 3. The molecule has 0 atom stereocenters. The summed E-state index contributed by atoms with van der Waals surface area (Å²) in [5, 5.41) is 11.8. The van der Waals surface area contributed by atoms with Crippen molar-refractivity contribution in [2.45, 2.75) is 33.2 Å². The molecule has 3 rings (SSSR count). The molecular weight excluding hydrogens is 432 g/mol. The summed E-state index contributed by atoms with van der Waals surface area (Å²) in [6.45, 7) is 5.17. The van der Waals surface area contributed by atoms with Gasteiger partial charge < -0.3 is 24.8 Å². The van der Waals surface area contributed by atoms with Crippen molar-refractivity contribution >= 4 is 23.3 Å². The van der Waals surface area contributed by atoms with Crippen LogP contribution in [0, 0.1) is 23.0 Å². The first-order chi connectivity index (χ1) is 15.9. The standard InChI is InChI=1S/C21H28N6O6/c1-3-32-17(28)12-26(11-16-5-4-14(2)23-10-16)20-18(27(29)30)19(22)24-21(25-20)33-13-15-6-8-31-9-7-15/h4-5,10,15H,3,6-9,11-13H2,1-2H3,(H2,22,24,25). The summed E-state index contributed by atoms with van der Waals surface area (Å²) in [6, 6.07) is 3.54. The van der Waals surface area contributed by atoms with E-state index in [9.17, 15) is 14.9 Å². The highest BCUT2D eigenvalue weighted by Crippen LogP contribution is 2.33. The third-order valence-electron chi connectivity index (χ3n) is 5.11. The smallest absolute Gasteiger partial charge is 0.353 e. The number of aryl methyl sites for hydroxylation is 1. The minimum atomic E-state index is -0.668. The maximum Gasteiger partial charge on any atom is 0.353 e. The molecule has 12 nitrogen and oxygen atoms in total. The number of carbonyl (C=O) groups is 1. The van der Waals surface area contributed by atoms with Crippen LogP contribution in [-0.4, -0.2) is 58.8 Å². The zero-order chi connectivity index (χ0) is 23.8. The second-order valence-corrected chi connectivity index (χ2v) is 7.66. The van der Waals surface area contributed by atoms with Gasteiger partial charge in [0.15, 0.2) is 0 Å². The van der Waals surface area contributed by atoms with Gasteiger partial charge in [-0.1, -0.05) is 6.07 Å². The Kier molecular flexibility index (Phi) is 8.30. The second-order valence-electron chi connectivity index (χ2n) is 7.66. The number of nitrogen functional groups attached to an aromatic ring is 1. The molecule has 33 heavy (non-hydrogen) atoms. The number of nitrogens with zero attached hydrogens (tertiary/aromatic N) is 5. The van der Waals surface area contributed by atoms with Gasteiger partial charge >= 0.3 is 17.7 Å². The number of nitro groups is 1. The Hall–Kier alpha value is -3.54. The average molecular weight is 460 g/mol. The van der Waals surface area contributed by atoms with Crippen molar-refractivity contribution in [3.63, 3.8) is 0 Å². The Balaban J connectivity index is 1.93. The summed E-state index contributed by atoms with van der Waals surface area (Å²) in [4.78, 5) is 37.3. The summed E-state index contributed by atoms with van der Waals surface area (Å²) < 4.78 is 16.1. The van der Waals surface area contributed by atoms with Crippen LogP contribution >= 0.6 is 0 Å². The first-order valence-corrected chi connectivity index (χ1v) is 10.7. The van der Waals surface area contributed by atoms with Gasteiger partial charge in [0, 0.05) is 31.6 Å². The third kappa shape index (κ3) is 6.72. The van der Waals surface area contributed by atoms with Crippen molar-refractivity contribution in [1.29, 1.82) is 0 Å². The van der Waals surface area contributed by atoms with E-state index >= 15 is 0 Å². The van der Waals surface area contributed by atoms with Crippen LogP contribution in [0.5, 0.6) is 6.01 Å². The van der Waals surface area contributed by atoms with Gasteiger partial charge in [-0.25, -0.2) is 0 Å². The van der Waals surface area contributed by atoms with Crippen molar-refractivity contribution in [2.75, 3.05) is 43.6 Å². The summed E-state index contributed by atoms with van der Waals surface area (Å²) in [6.07, 6.45) is 3.31. The van der Waals surface area contributed by atoms with E-state index < -0.39 is 16.6 Å². The van der Waals surface area contributed by atoms with Gasteiger partial charge in [0.25, 0.3) is 0 Å². The SMILES string of the molecule is CCOC(=O)CN(Cc1ccc(C)nc1)c1nc(OCC2CCOCC2)nc(N)c1[N+](=O)[O-]. The minimum absolute atomic E-state index is 0.0875. The lowest BCUT2D eigenvalue weighted by Gasteiger charge is -2.24. The number of hydrogen-bond donors (Lipinski definition) is 1. The summed E-state index contributed by atoms with van der Waals surface area (Å²) >= 11 is 0. The Morgan fingerprint density at radius 3 is 2.73 bits per heavy atom. The number of anilines is 2. The van der Waals surface area contributed by atoms with Crippen LogP contribution in [-0.2, 0) is 20.8 Å². The first-order valence-electron chi connectivity index (χ1n) is 10.7. The molecule has 3 heterocycles. The van der Waals surface area contributed by atoms with E-state index in [4.69, 9.17) is 19.9 Å². The van der Waals surface area contributed by atoms with E-state index in [1.54, 1.807) is 13.1 Å². The van der Waals surface area contributed by atoms with Crippen LogP contribution in [0.4, 0.5) is 17.3 Å². The molecule has 2 N–H and O–H groups in total. The average Bonchev–Trinajstić information content (AvgIpc) is 2.79. The summed E-state index contributed by atoms with van der Waals surface area (Å²) in [5.74, 6) is -0.767. The van der Waals surface area contributed by atoms with E-state index in [0.29, 0.717) is 19.8 Å². The molecule has 1 aliphatic rings. The topological polar surface area (TPSA) is 156 Å². The zero-order valence-corrected chi connectivity index (χ0v) is 18.7. The maximum absolute atomic E-state index is 12.3. The van der Waals surface area contributed by atoms with Crippen LogP contribution in [0.25, 0.3) is 0 Å². The molecule has 0 aromatic carbocycles. The molecule has 0 saturated carbocycles. The number of hydrogen-bond acceptors (Lipinski definition) is 11. The van der Waals surface area contributed by atoms with Gasteiger partial charge in [-0.3, -0.25) is 19.9 Å². The number of nitrogens with two attached hydrogens (primary N) is 1. The fourth-order valence-corrected chi connectivity index (χ4v) is 3.39. The van der Waals surface area contributed by atoms with Crippen LogP contribution < -0.4 is 15.4 Å². The highest BCUT2D eigenvalue weighted by atomic mass is 16.6. The molecule has 2 aromatic rings. The number of rotatable bonds is 10. The van der Waals surface area contributed by atoms with Crippen LogP contribution in [0.3, 0.4) is 0 Å². The Bertz CT molecular complexity index is 964. The number of pyridine rings is 1. The van der Waals surface area contributed by atoms with E-state index in [1.165, 1.54) is 4.90 Å². The molecule has 2 aromatic heterocycles. The van der Waals surface area contributed by atoms with Crippen molar-refractivity contribution in [3.05, 3.63) is 39.7 Å². The van der Waals surface area contributed by atoms with Crippen LogP contribution in [0.1, 0.15) is 31.0 Å². The van der Waals surface area contributed by atoms with Gasteiger partial charge in [0.1, 0.15) is 6.54 Å². The predicted molar refractivity (Wildman–Crippen MR) is 119 cm³/mol. The lowest BCUT2D eigenvalue weighted by Crippen LogP contribution is -2.32. The Labute approximate surface area is 191 Å². The lowest BCUT2D eigenvalue weighted by molar-refractivity contribution is -0.383. The number of ether oxygens (including phenoxy) is 3. The van der Waals surface area contributed by atoms with E-state index in [2.05, 4.69) is 15.0 Å². The van der Waals surface area contributed by atoms with Crippen molar-refractivity contribution in [2.24, 2.45) is 5.92 Å². The molecule has 0 bridgehead atoms.